The third-order valence-electron chi connectivity index (χ3n) is 13.4. The fourth-order valence-corrected chi connectivity index (χ4v) is 10.3. The molecule has 0 unspecified atom stereocenters. The molecule has 0 aliphatic heterocycles. The molecule has 2 aromatic rings. The van der Waals surface area contributed by atoms with Gasteiger partial charge in [-0.25, -0.2) is 0 Å². The molecule has 0 saturated heterocycles. The van der Waals surface area contributed by atoms with Crippen LogP contribution in [-0.2, 0) is 22.3 Å². The van der Waals surface area contributed by atoms with Crippen LogP contribution in [0.4, 0.5) is 26.3 Å². The highest BCUT2D eigenvalue weighted by molar-refractivity contribution is 5.27. The van der Waals surface area contributed by atoms with E-state index in [0.29, 0.717) is 35.2 Å². The summed E-state index contributed by atoms with van der Waals surface area (Å²) in [6.07, 6.45) is 14.4. The first kappa shape index (κ1) is 44.1. The Morgan fingerprint density at radius 1 is 0.436 bits per heavy atom. The van der Waals surface area contributed by atoms with E-state index in [1.165, 1.54) is 127 Å². The third-order valence-corrected chi connectivity index (χ3v) is 13.4. The minimum atomic E-state index is -4.13. The summed E-state index contributed by atoms with van der Waals surface area (Å²) >= 11 is 0. The van der Waals surface area contributed by atoms with Crippen molar-refractivity contribution >= 4 is 0 Å². The molecule has 0 amide bonds. The molecule has 0 bridgehead atoms. The lowest BCUT2D eigenvalue weighted by Gasteiger charge is -2.38. The molecule has 310 valence electrons. The number of ether oxygens (including phenoxy) is 2. The van der Waals surface area contributed by atoms with Crippen molar-refractivity contribution < 1.29 is 35.8 Å². The van der Waals surface area contributed by atoms with Crippen LogP contribution in [-0.4, -0.2) is 37.8 Å². The summed E-state index contributed by atoms with van der Waals surface area (Å²) in [6, 6.07) is 14.3. The zero-order chi connectivity index (χ0) is 39.3. The Morgan fingerprint density at radius 3 is 1.07 bits per heavy atom. The molecule has 0 radical (unpaired) electrons. The minimum Gasteiger partial charge on any atom is -0.378 e. The van der Waals surface area contributed by atoms with E-state index in [1.807, 2.05) is 24.3 Å². The molecule has 0 spiro atoms. The molecule has 0 N–H and O–H groups in total. The largest absolute Gasteiger partial charge is 0.393 e. The van der Waals surface area contributed by atoms with E-state index in [0.717, 1.165) is 43.3 Å². The Labute approximate surface area is 327 Å². The fourth-order valence-electron chi connectivity index (χ4n) is 10.3. The van der Waals surface area contributed by atoms with Gasteiger partial charge in [0.1, 0.15) is 0 Å². The Hall–Kier alpha value is -2.06. The van der Waals surface area contributed by atoms with Gasteiger partial charge >= 0.3 is 12.4 Å². The van der Waals surface area contributed by atoms with Crippen molar-refractivity contribution in [3.8, 4) is 0 Å². The number of hydrogen-bond acceptors (Lipinski definition) is 2. The molecular formula is C47H68F6O2. The van der Waals surface area contributed by atoms with E-state index >= 15 is 0 Å². The highest BCUT2D eigenvalue weighted by Crippen LogP contribution is 2.45. The van der Waals surface area contributed by atoms with E-state index in [9.17, 15) is 26.3 Å². The Bertz CT molecular complexity index is 1320. The summed E-state index contributed by atoms with van der Waals surface area (Å²) in [5.41, 5.74) is 3.17. The first-order chi connectivity index (χ1) is 26.4. The maximum atomic E-state index is 12.5. The molecule has 6 rings (SSSR count). The lowest BCUT2D eigenvalue weighted by molar-refractivity contribution is -0.128. The molecule has 4 aliphatic rings. The van der Waals surface area contributed by atoms with Gasteiger partial charge in [-0.15, -0.1) is 0 Å². The van der Waals surface area contributed by atoms with Gasteiger partial charge in [0.25, 0.3) is 0 Å². The van der Waals surface area contributed by atoms with E-state index in [4.69, 9.17) is 9.47 Å². The van der Waals surface area contributed by atoms with Gasteiger partial charge in [-0.2, -0.15) is 26.3 Å². The molecule has 2 aromatic carbocycles. The molecule has 0 aromatic heterocycles. The van der Waals surface area contributed by atoms with Gasteiger partial charge in [-0.1, -0.05) is 68.8 Å². The summed E-state index contributed by atoms with van der Waals surface area (Å²) in [5.74, 6) is 4.40. The summed E-state index contributed by atoms with van der Waals surface area (Å²) in [6.45, 7) is 6.17. The quantitative estimate of drug-likeness (QED) is 0.149. The van der Waals surface area contributed by atoms with Gasteiger partial charge in [0.2, 0.25) is 0 Å². The highest BCUT2D eigenvalue weighted by Gasteiger charge is 2.34. The molecule has 0 atom stereocenters. The van der Waals surface area contributed by atoms with Gasteiger partial charge in [0.05, 0.1) is 25.0 Å². The van der Waals surface area contributed by atoms with Gasteiger partial charge < -0.3 is 9.47 Å². The van der Waals surface area contributed by atoms with Gasteiger partial charge in [-0.3, -0.25) is 0 Å². The van der Waals surface area contributed by atoms with Crippen LogP contribution >= 0.6 is 0 Å². The zero-order valence-corrected chi connectivity index (χ0v) is 33.6. The zero-order valence-electron chi connectivity index (χ0n) is 33.6. The maximum absolute atomic E-state index is 12.5. The van der Waals surface area contributed by atoms with Crippen LogP contribution in [0.3, 0.4) is 0 Å². The highest BCUT2D eigenvalue weighted by atomic mass is 19.4. The van der Waals surface area contributed by atoms with Crippen molar-refractivity contribution in [1.29, 1.82) is 0 Å². The van der Waals surface area contributed by atoms with Crippen LogP contribution in [0.15, 0.2) is 48.5 Å². The number of unbranched alkanes of at least 4 members (excludes halogenated alkanes) is 1. The summed E-state index contributed by atoms with van der Waals surface area (Å²) in [7, 11) is 0. The Kier molecular flexibility index (Phi) is 17.3. The smallest absolute Gasteiger partial charge is 0.378 e. The second-order valence-corrected chi connectivity index (χ2v) is 17.5. The topological polar surface area (TPSA) is 18.5 Å². The van der Waals surface area contributed by atoms with E-state index in [1.54, 1.807) is 24.3 Å². The molecule has 2 nitrogen and oxygen atoms in total. The van der Waals surface area contributed by atoms with Crippen molar-refractivity contribution in [2.24, 2.45) is 23.7 Å². The SMILES string of the molecule is CCCCO[C@H]1CC[C@H]([C@H]2CC[C@H](c3ccc(CC(F)(F)F)cc3)CC2)CC1.CCCO[C@H]1CC[C@H]([C@H]2CC[C@H](c3ccc(CC(F)(F)F)cc3)CC2)CC1. The van der Waals surface area contributed by atoms with Crippen molar-refractivity contribution in [3.63, 3.8) is 0 Å². The molecule has 4 saturated carbocycles. The van der Waals surface area contributed by atoms with Crippen LogP contribution in [0, 0.1) is 23.7 Å². The van der Waals surface area contributed by atoms with Gasteiger partial charge in [0, 0.05) is 13.2 Å². The Morgan fingerprint density at radius 2 is 0.764 bits per heavy atom. The van der Waals surface area contributed by atoms with E-state index in [-0.39, 0.29) is 0 Å². The van der Waals surface area contributed by atoms with E-state index < -0.39 is 25.2 Å². The van der Waals surface area contributed by atoms with Crippen LogP contribution < -0.4 is 0 Å². The van der Waals surface area contributed by atoms with Crippen molar-refractivity contribution in [1.82, 2.24) is 0 Å². The molecule has 4 fully saturated rings. The summed E-state index contributed by atoms with van der Waals surface area (Å²) in [5, 5.41) is 0. The summed E-state index contributed by atoms with van der Waals surface area (Å²) in [4.78, 5) is 0. The normalized spacial score (nSPS) is 29.3. The first-order valence-electron chi connectivity index (χ1n) is 21.9. The lowest BCUT2D eigenvalue weighted by atomic mass is 9.69. The van der Waals surface area contributed by atoms with Crippen LogP contribution in [0.2, 0.25) is 0 Å². The number of halogens is 6. The third kappa shape index (κ3) is 15.0. The lowest BCUT2D eigenvalue weighted by Crippen LogP contribution is -2.28. The average Bonchev–Trinajstić information content (AvgIpc) is 3.18. The predicted molar refractivity (Wildman–Crippen MR) is 210 cm³/mol. The first-order valence-corrected chi connectivity index (χ1v) is 21.9. The number of alkyl halides is 6. The summed E-state index contributed by atoms with van der Waals surface area (Å²) < 4.78 is 86.9. The molecular weight excluding hydrogens is 711 g/mol. The number of rotatable bonds is 13. The second-order valence-electron chi connectivity index (χ2n) is 17.5. The van der Waals surface area contributed by atoms with Crippen LogP contribution in [0.5, 0.6) is 0 Å². The van der Waals surface area contributed by atoms with Crippen molar-refractivity contribution in [2.45, 2.75) is 185 Å². The molecule has 55 heavy (non-hydrogen) atoms. The minimum absolute atomic E-state index is 0.363. The molecule has 8 heteroatoms. The maximum Gasteiger partial charge on any atom is 0.393 e. The predicted octanol–water partition coefficient (Wildman–Crippen LogP) is 14.5. The van der Waals surface area contributed by atoms with Gasteiger partial charge in [0.15, 0.2) is 0 Å². The molecule has 4 aliphatic carbocycles. The standard InChI is InChI=1S/C24H35F3O.C23H33F3O/c1-2-3-16-28-23-14-12-22(13-15-23)21-10-8-20(9-11-21)19-6-4-18(5-7-19)17-24(25,26)27;1-2-15-27-22-13-11-21(12-14-22)20-9-7-19(8-10-20)18-5-3-17(4-6-18)16-23(24,25)26/h4-7,20-23H,2-3,8-17H2,1H3;3-6,19-22H,2,7-16H2,1H3/t20-,21-,22-,23-;19-,20-,21-,22-. The van der Waals surface area contributed by atoms with Crippen LogP contribution in [0.1, 0.15) is 170 Å². The number of benzene rings is 2. The van der Waals surface area contributed by atoms with E-state index in [2.05, 4.69) is 13.8 Å². The monoisotopic (exact) mass is 779 g/mol. The fraction of sp³-hybridized carbons (Fsp3) is 0.745. The number of hydrogen-bond donors (Lipinski definition) is 0. The van der Waals surface area contributed by atoms with Crippen molar-refractivity contribution in [2.75, 3.05) is 13.2 Å². The van der Waals surface area contributed by atoms with Crippen LogP contribution in [0.25, 0.3) is 0 Å². The second kappa shape index (κ2) is 21.6. The average molecular weight is 779 g/mol. The van der Waals surface area contributed by atoms with Gasteiger partial charge in [-0.05, 0) is 173 Å². The van der Waals surface area contributed by atoms with Crippen molar-refractivity contribution in [3.05, 3.63) is 70.8 Å². The molecule has 0 heterocycles. The Balaban J connectivity index is 0.000000211.